The third-order valence-corrected chi connectivity index (χ3v) is 3.47. The second-order valence-electron chi connectivity index (χ2n) is 4.43. The summed E-state index contributed by atoms with van der Waals surface area (Å²) in [5.74, 6) is -0.945. The summed E-state index contributed by atoms with van der Waals surface area (Å²) in [7, 11) is 0. The second kappa shape index (κ2) is 5.47. The van der Waals surface area contributed by atoms with Crippen LogP contribution in [0.2, 0.25) is 5.02 Å². The molecular formula is C13H13ClN2O3. The fourth-order valence-electron chi connectivity index (χ4n) is 2.09. The summed E-state index contributed by atoms with van der Waals surface area (Å²) >= 11 is 5.89. The minimum atomic E-state index is -1.10. The van der Waals surface area contributed by atoms with Crippen LogP contribution in [0.5, 0.6) is 0 Å². The van der Waals surface area contributed by atoms with Crippen molar-refractivity contribution in [1.29, 1.82) is 5.26 Å². The smallest absolute Gasteiger partial charge is 0.329 e. The molecule has 1 aromatic rings. The molecule has 1 fully saturated rings. The van der Waals surface area contributed by atoms with Gasteiger partial charge in [0.15, 0.2) is 0 Å². The maximum absolute atomic E-state index is 11.5. The summed E-state index contributed by atoms with van der Waals surface area (Å²) in [6, 6.07) is 6.76. The molecule has 0 radical (unpaired) electrons. The Kier molecular flexibility index (Phi) is 3.93. The van der Waals surface area contributed by atoms with Gasteiger partial charge in [-0.1, -0.05) is 11.6 Å². The van der Waals surface area contributed by atoms with Crippen molar-refractivity contribution in [2.24, 2.45) is 0 Å². The average molecular weight is 281 g/mol. The summed E-state index contributed by atoms with van der Waals surface area (Å²) < 4.78 is 5.20. The molecule has 0 aliphatic carbocycles. The number of hydrogen-bond acceptors (Lipinski definition) is 4. The monoisotopic (exact) mass is 280 g/mol. The number of hydrogen-bond donors (Lipinski definition) is 2. The van der Waals surface area contributed by atoms with E-state index < -0.39 is 11.5 Å². The topological polar surface area (TPSA) is 82.4 Å². The molecule has 0 bridgehead atoms. The number of halogens is 1. The van der Waals surface area contributed by atoms with E-state index in [1.807, 2.05) is 6.07 Å². The molecule has 6 heteroatoms. The van der Waals surface area contributed by atoms with Gasteiger partial charge in [-0.05, 0) is 18.2 Å². The molecule has 100 valence electrons. The normalized spacial score (nSPS) is 17.5. The number of ether oxygens (including phenoxy) is 1. The van der Waals surface area contributed by atoms with Crippen molar-refractivity contribution >= 4 is 23.3 Å². The number of carboxylic acid groups (broad SMARTS) is 1. The van der Waals surface area contributed by atoms with Gasteiger partial charge in [-0.3, -0.25) is 0 Å². The Hall–Kier alpha value is -1.77. The molecule has 0 amide bonds. The van der Waals surface area contributed by atoms with Gasteiger partial charge in [0.25, 0.3) is 0 Å². The van der Waals surface area contributed by atoms with E-state index in [0.29, 0.717) is 42.3 Å². The van der Waals surface area contributed by atoms with E-state index in [2.05, 4.69) is 5.32 Å². The lowest BCUT2D eigenvalue weighted by Gasteiger charge is -2.35. The number of nitrogens with one attached hydrogen (secondary N) is 1. The fourth-order valence-corrected chi connectivity index (χ4v) is 2.26. The fraction of sp³-hybridized carbons (Fsp3) is 0.385. The molecular weight excluding hydrogens is 268 g/mol. The van der Waals surface area contributed by atoms with Crippen molar-refractivity contribution in [3.63, 3.8) is 0 Å². The van der Waals surface area contributed by atoms with Crippen molar-refractivity contribution in [2.75, 3.05) is 18.5 Å². The van der Waals surface area contributed by atoms with Gasteiger partial charge in [0.1, 0.15) is 11.6 Å². The maximum atomic E-state index is 11.5. The average Bonchev–Trinajstić information content (AvgIpc) is 2.40. The van der Waals surface area contributed by atoms with Gasteiger partial charge in [-0.25, -0.2) is 4.79 Å². The third kappa shape index (κ3) is 2.80. The quantitative estimate of drug-likeness (QED) is 0.887. The number of nitrogens with zero attached hydrogens (tertiary/aromatic N) is 1. The second-order valence-corrected chi connectivity index (χ2v) is 4.86. The lowest BCUT2D eigenvalue weighted by Crippen LogP contribution is -2.50. The van der Waals surface area contributed by atoms with Crippen LogP contribution in [-0.2, 0) is 9.53 Å². The lowest BCUT2D eigenvalue weighted by atomic mass is 9.89. The van der Waals surface area contributed by atoms with Gasteiger partial charge in [0.2, 0.25) is 0 Å². The van der Waals surface area contributed by atoms with Gasteiger partial charge in [-0.15, -0.1) is 0 Å². The van der Waals surface area contributed by atoms with Gasteiger partial charge < -0.3 is 15.2 Å². The van der Waals surface area contributed by atoms with Crippen LogP contribution in [-0.4, -0.2) is 29.8 Å². The largest absolute Gasteiger partial charge is 0.480 e. The molecule has 2 N–H and O–H groups in total. The van der Waals surface area contributed by atoms with E-state index >= 15 is 0 Å². The van der Waals surface area contributed by atoms with E-state index in [1.165, 1.54) is 0 Å². The van der Waals surface area contributed by atoms with Crippen molar-refractivity contribution in [1.82, 2.24) is 0 Å². The minimum Gasteiger partial charge on any atom is -0.480 e. The van der Waals surface area contributed by atoms with E-state index in [-0.39, 0.29) is 0 Å². The molecule has 0 atom stereocenters. The first-order valence-electron chi connectivity index (χ1n) is 5.86. The zero-order valence-corrected chi connectivity index (χ0v) is 10.9. The van der Waals surface area contributed by atoms with Crippen LogP contribution in [0.1, 0.15) is 18.4 Å². The number of anilines is 1. The number of rotatable bonds is 3. The van der Waals surface area contributed by atoms with E-state index in [1.54, 1.807) is 18.2 Å². The van der Waals surface area contributed by atoms with Gasteiger partial charge >= 0.3 is 5.97 Å². The molecule has 1 aliphatic heterocycles. The zero-order chi connectivity index (χ0) is 13.9. The van der Waals surface area contributed by atoms with Crippen LogP contribution < -0.4 is 5.32 Å². The summed E-state index contributed by atoms with van der Waals surface area (Å²) in [4.78, 5) is 11.5. The predicted octanol–water partition coefficient (Wildman–Crippen LogP) is 2.26. The Morgan fingerprint density at radius 3 is 2.74 bits per heavy atom. The molecule has 1 aromatic carbocycles. The van der Waals surface area contributed by atoms with Crippen LogP contribution in [0.4, 0.5) is 5.69 Å². The Morgan fingerprint density at radius 2 is 2.16 bits per heavy atom. The highest BCUT2D eigenvalue weighted by Crippen LogP contribution is 2.29. The molecule has 0 spiro atoms. The van der Waals surface area contributed by atoms with Gasteiger partial charge in [0, 0.05) is 31.1 Å². The van der Waals surface area contributed by atoms with Crippen LogP contribution in [0, 0.1) is 11.3 Å². The van der Waals surface area contributed by atoms with Crippen LogP contribution in [0.25, 0.3) is 0 Å². The highest BCUT2D eigenvalue weighted by atomic mass is 35.5. The van der Waals surface area contributed by atoms with Crippen LogP contribution in [0.3, 0.4) is 0 Å². The first-order valence-corrected chi connectivity index (χ1v) is 6.24. The highest BCUT2D eigenvalue weighted by molar-refractivity contribution is 6.30. The Morgan fingerprint density at radius 1 is 1.47 bits per heavy atom. The standard InChI is InChI=1S/C13H13ClN2O3/c14-10-2-1-9(8-15)11(7-10)16-13(12(17)18)3-5-19-6-4-13/h1-2,7,16H,3-6H2,(H,17,18). The highest BCUT2D eigenvalue weighted by Gasteiger charge is 2.40. The van der Waals surface area contributed by atoms with E-state index in [9.17, 15) is 9.90 Å². The first kappa shape index (κ1) is 13.7. The first-order chi connectivity index (χ1) is 9.07. The van der Waals surface area contributed by atoms with Crippen molar-refractivity contribution < 1.29 is 14.6 Å². The van der Waals surface area contributed by atoms with Gasteiger partial charge in [-0.2, -0.15) is 5.26 Å². The third-order valence-electron chi connectivity index (χ3n) is 3.23. The zero-order valence-electron chi connectivity index (χ0n) is 10.1. The van der Waals surface area contributed by atoms with Crippen molar-refractivity contribution in [3.8, 4) is 6.07 Å². The Balaban J connectivity index is 2.34. The molecule has 1 aliphatic rings. The number of carbonyl (C=O) groups is 1. The van der Waals surface area contributed by atoms with Crippen molar-refractivity contribution in [2.45, 2.75) is 18.4 Å². The summed E-state index contributed by atoms with van der Waals surface area (Å²) in [5.41, 5.74) is -0.287. The molecule has 0 unspecified atom stereocenters. The van der Waals surface area contributed by atoms with Crippen LogP contribution in [0.15, 0.2) is 18.2 Å². The number of carboxylic acids is 1. The number of aliphatic carboxylic acids is 1. The Labute approximate surface area is 115 Å². The number of nitriles is 1. The molecule has 19 heavy (non-hydrogen) atoms. The van der Waals surface area contributed by atoms with Crippen LogP contribution >= 0.6 is 11.6 Å². The SMILES string of the molecule is N#Cc1ccc(Cl)cc1NC1(C(=O)O)CCOCC1. The Bertz CT molecular complexity index is 533. The van der Waals surface area contributed by atoms with Crippen molar-refractivity contribution in [3.05, 3.63) is 28.8 Å². The summed E-state index contributed by atoms with van der Waals surface area (Å²) in [6.07, 6.45) is 0.694. The minimum absolute atomic E-state index is 0.347. The lowest BCUT2D eigenvalue weighted by molar-refractivity contribution is -0.145. The molecule has 2 rings (SSSR count). The van der Waals surface area contributed by atoms with Gasteiger partial charge in [0.05, 0.1) is 11.3 Å². The summed E-state index contributed by atoms with van der Waals surface area (Å²) in [5, 5.41) is 21.9. The summed E-state index contributed by atoms with van der Waals surface area (Å²) in [6.45, 7) is 0.753. The molecule has 0 saturated carbocycles. The number of benzene rings is 1. The maximum Gasteiger partial charge on any atom is 0.329 e. The van der Waals surface area contributed by atoms with E-state index in [4.69, 9.17) is 21.6 Å². The molecule has 1 saturated heterocycles. The molecule has 1 heterocycles. The van der Waals surface area contributed by atoms with E-state index in [0.717, 1.165) is 0 Å². The predicted molar refractivity (Wildman–Crippen MR) is 70.2 cm³/mol. The molecule has 0 aromatic heterocycles. The molecule has 5 nitrogen and oxygen atoms in total.